The number of rotatable bonds is 3. The molecule has 7 nitrogen and oxygen atoms in total. The first-order chi connectivity index (χ1) is 12.5. The van der Waals surface area contributed by atoms with Crippen LogP contribution in [0.3, 0.4) is 0 Å². The van der Waals surface area contributed by atoms with E-state index in [2.05, 4.69) is 10.1 Å². The zero-order chi connectivity index (χ0) is 18.3. The highest BCUT2D eigenvalue weighted by molar-refractivity contribution is 5.56. The quantitative estimate of drug-likeness (QED) is 0.716. The highest BCUT2D eigenvalue weighted by Crippen LogP contribution is 2.21. The van der Waals surface area contributed by atoms with Crippen molar-refractivity contribution in [1.29, 1.82) is 0 Å². The van der Waals surface area contributed by atoms with Gasteiger partial charge in [0, 0.05) is 19.2 Å². The van der Waals surface area contributed by atoms with Gasteiger partial charge in [0.2, 0.25) is 11.7 Å². The number of aryl methyl sites for hydroxylation is 1. The summed E-state index contributed by atoms with van der Waals surface area (Å²) in [7, 11) is 0. The SMILES string of the molecule is Cc1nc(-c2c3n(c(=O)n(Cc4ccc(F)cc4)c2=O)CCCC3)no1. The second kappa shape index (κ2) is 6.36. The van der Waals surface area contributed by atoms with E-state index in [0.29, 0.717) is 35.7 Å². The predicted octanol–water partition coefficient (Wildman–Crippen LogP) is 1.89. The van der Waals surface area contributed by atoms with Crippen molar-refractivity contribution in [3.05, 3.63) is 68.1 Å². The van der Waals surface area contributed by atoms with E-state index in [9.17, 15) is 14.0 Å². The van der Waals surface area contributed by atoms with E-state index in [1.165, 1.54) is 12.1 Å². The summed E-state index contributed by atoms with van der Waals surface area (Å²) in [6.45, 7) is 2.25. The zero-order valence-electron chi connectivity index (χ0n) is 14.2. The molecule has 0 fully saturated rings. The van der Waals surface area contributed by atoms with Crippen molar-refractivity contribution in [2.45, 2.75) is 39.3 Å². The van der Waals surface area contributed by atoms with Gasteiger partial charge in [0.15, 0.2) is 0 Å². The van der Waals surface area contributed by atoms with Crippen LogP contribution in [0.15, 0.2) is 38.4 Å². The summed E-state index contributed by atoms with van der Waals surface area (Å²) in [5.41, 5.74) is 0.814. The van der Waals surface area contributed by atoms with Crippen molar-refractivity contribution < 1.29 is 8.91 Å². The summed E-state index contributed by atoms with van der Waals surface area (Å²) < 4.78 is 20.9. The first kappa shape index (κ1) is 16.4. The molecule has 2 aromatic heterocycles. The van der Waals surface area contributed by atoms with Gasteiger partial charge in [-0.2, -0.15) is 4.98 Å². The van der Waals surface area contributed by atoms with Crippen LogP contribution in [0.5, 0.6) is 0 Å². The minimum atomic E-state index is -0.451. The van der Waals surface area contributed by atoms with Crippen molar-refractivity contribution in [3.8, 4) is 11.4 Å². The molecule has 0 radical (unpaired) electrons. The molecule has 3 heterocycles. The molecule has 1 aliphatic rings. The summed E-state index contributed by atoms with van der Waals surface area (Å²) in [6.07, 6.45) is 2.38. The number of fused-ring (bicyclic) bond motifs is 1. The Hall–Kier alpha value is -3.03. The van der Waals surface area contributed by atoms with E-state index in [0.717, 1.165) is 17.4 Å². The minimum absolute atomic E-state index is 0.0576. The Morgan fingerprint density at radius 2 is 1.96 bits per heavy atom. The fourth-order valence-corrected chi connectivity index (χ4v) is 3.33. The molecule has 8 heteroatoms. The Balaban J connectivity index is 1.93. The van der Waals surface area contributed by atoms with E-state index in [-0.39, 0.29) is 23.9 Å². The molecule has 0 bridgehead atoms. The maximum Gasteiger partial charge on any atom is 0.331 e. The van der Waals surface area contributed by atoms with E-state index in [1.807, 2.05) is 0 Å². The summed E-state index contributed by atoms with van der Waals surface area (Å²) in [5, 5.41) is 3.88. The minimum Gasteiger partial charge on any atom is -0.339 e. The Morgan fingerprint density at radius 3 is 2.65 bits per heavy atom. The van der Waals surface area contributed by atoms with Crippen LogP contribution in [-0.2, 0) is 19.5 Å². The van der Waals surface area contributed by atoms with Crippen LogP contribution >= 0.6 is 0 Å². The lowest BCUT2D eigenvalue weighted by molar-refractivity contribution is 0.394. The number of hydrogen-bond acceptors (Lipinski definition) is 5. The number of hydrogen-bond donors (Lipinski definition) is 0. The van der Waals surface area contributed by atoms with E-state index in [4.69, 9.17) is 4.52 Å². The highest BCUT2D eigenvalue weighted by atomic mass is 19.1. The lowest BCUT2D eigenvalue weighted by Crippen LogP contribution is -2.44. The van der Waals surface area contributed by atoms with Gasteiger partial charge in [0.25, 0.3) is 5.56 Å². The second-order valence-corrected chi connectivity index (χ2v) is 6.37. The van der Waals surface area contributed by atoms with Crippen molar-refractivity contribution in [1.82, 2.24) is 19.3 Å². The normalized spacial score (nSPS) is 13.6. The number of nitrogens with zero attached hydrogens (tertiary/aromatic N) is 4. The molecule has 1 aliphatic heterocycles. The van der Waals surface area contributed by atoms with Crippen LogP contribution < -0.4 is 11.2 Å². The second-order valence-electron chi connectivity index (χ2n) is 6.37. The number of benzene rings is 1. The molecule has 0 aliphatic carbocycles. The van der Waals surface area contributed by atoms with Gasteiger partial charge >= 0.3 is 5.69 Å². The summed E-state index contributed by atoms with van der Waals surface area (Å²) in [4.78, 5) is 30.2. The fourth-order valence-electron chi connectivity index (χ4n) is 3.33. The smallest absolute Gasteiger partial charge is 0.331 e. The lowest BCUT2D eigenvalue weighted by Gasteiger charge is -2.21. The van der Waals surface area contributed by atoms with Gasteiger partial charge in [0.1, 0.15) is 11.4 Å². The molecule has 0 N–H and O–H groups in total. The Bertz CT molecular complexity index is 1080. The fraction of sp³-hybridized carbons (Fsp3) is 0.333. The third-order valence-corrected chi connectivity index (χ3v) is 4.59. The first-order valence-corrected chi connectivity index (χ1v) is 8.46. The van der Waals surface area contributed by atoms with Gasteiger partial charge in [-0.1, -0.05) is 17.3 Å². The molecular weight excluding hydrogens is 339 g/mol. The van der Waals surface area contributed by atoms with E-state index < -0.39 is 5.56 Å². The summed E-state index contributed by atoms with van der Waals surface area (Å²) in [6, 6.07) is 5.73. The standard InChI is InChI=1S/C18H17FN4O3/c1-11-20-16(21-26-11)15-14-4-2-3-9-22(14)18(25)23(17(15)24)10-12-5-7-13(19)8-6-12/h5-8H,2-4,9-10H2,1H3. The average molecular weight is 356 g/mol. The van der Waals surface area contributed by atoms with Crippen molar-refractivity contribution >= 4 is 0 Å². The van der Waals surface area contributed by atoms with Crippen molar-refractivity contribution in [2.24, 2.45) is 0 Å². The Labute approximate surface area is 147 Å². The maximum atomic E-state index is 13.1. The summed E-state index contributed by atoms with van der Waals surface area (Å²) >= 11 is 0. The van der Waals surface area contributed by atoms with Gasteiger partial charge in [-0.05, 0) is 37.0 Å². The van der Waals surface area contributed by atoms with Crippen LogP contribution in [-0.4, -0.2) is 19.3 Å². The molecule has 4 rings (SSSR count). The number of aromatic nitrogens is 4. The topological polar surface area (TPSA) is 82.9 Å². The molecule has 134 valence electrons. The van der Waals surface area contributed by atoms with Crippen LogP contribution in [0.25, 0.3) is 11.4 Å². The van der Waals surface area contributed by atoms with E-state index in [1.54, 1.807) is 23.6 Å². The van der Waals surface area contributed by atoms with Gasteiger partial charge in [-0.25, -0.2) is 9.18 Å². The van der Waals surface area contributed by atoms with Crippen LogP contribution in [0.1, 0.15) is 30.0 Å². The molecule has 26 heavy (non-hydrogen) atoms. The average Bonchev–Trinajstić information content (AvgIpc) is 3.06. The van der Waals surface area contributed by atoms with Gasteiger partial charge in [0.05, 0.1) is 6.54 Å². The Kier molecular flexibility index (Phi) is 4.02. The van der Waals surface area contributed by atoms with Crippen LogP contribution in [0.2, 0.25) is 0 Å². The molecule has 0 spiro atoms. The molecule has 0 saturated carbocycles. The van der Waals surface area contributed by atoms with Gasteiger partial charge in [-0.15, -0.1) is 0 Å². The third-order valence-electron chi connectivity index (χ3n) is 4.59. The van der Waals surface area contributed by atoms with Crippen LogP contribution in [0.4, 0.5) is 4.39 Å². The predicted molar refractivity (Wildman–Crippen MR) is 91.4 cm³/mol. The molecule has 0 unspecified atom stereocenters. The summed E-state index contributed by atoms with van der Waals surface area (Å²) in [5.74, 6) is 0.183. The van der Waals surface area contributed by atoms with E-state index >= 15 is 0 Å². The largest absolute Gasteiger partial charge is 0.339 e. The van der Waals surface area contributed by atoms with Crippen molar-refractivity contribution in [3.63, 3.8) is 0 Å². The number of halogens is 1. The lowest BCUT2D eigenvalue weighted by atomic mass is 10.0. The Morgan fingerprint density at radius 1 is 1.19 bits per heavy atom. The molecule has 1 aromatic carbocycles. The van der Waals surface area contributed by atoms with Gasteiger partial charge in [-0.3, -0.25) is 13.9 Å². The molecular formula is C18H17FN4O3. The van der Waals surface area contributed by atoms with Crippen molar-refractivity contribution in [2.75, 3.05) is 0 Å². The molecule has 3 aromatic rings. The zero-order valence-corrected chi connectivity index (χ0v) is 14.2. The van der Waals surface area contributed by atoms with Crippen LogP contribution in [0, 0.1) is 12.7 Å². The molecule has 0 atom stereocenters. The van der Waals surface area contributed by atoms with Gasteiger partial charge < -0.3 is 4.52 Å². The first-order valence-electron chi connectivity index (χ1n) is 8.46. The maximum absolute atomic E-state index is 13.1. The monoisotopic (exact) mass is 356 g/mol. The third kappa shape index (κ3) is 2.77. The molecule has 0 saturated heterocycles. The molecule has 0 amide bonds. The highest BCUT2D eigenvalue weighted by Gasteiger charge is 2.25.